The molecule has 2 saturated heterocycles. The van der Waals surface area contributed by atoms with Crippen LogP contribution in [0.3, 0.4) is 0 Å². The van der Waals surface area contributed by atoms with E-state index in [1.165, 1.54) is 11.6 Å². The minimum atomic E-state index is -0.521. The second-order valence-electron chi connectivity index (χ2n) is 10.4. The van der Waals surface area contributed by atoms with Gasteiger partial charge in [0.15, 0.2) is 17.0 Å². The maximum Gasteiger partial charge on any atom is 0.332 e. The summed E-state index contributed by atoms with van der Waals surface area (Å²) in [6, 6.07) is 0.356. The van der Waals surface area contributed by atoms with E-state index in [4.69, 9.17) is 14.2 Å². The molecule has 0 radical (unpaired) electrons. The number of aryl methyl sites for hydroxylation is 1. The fourth-order valence-corrected chi connectivity index (χ4v) is 5.83. The highest BCUT2D eigenvalue weighted by atomic mass is 16.7. The predicted molar refractivity (Wildman–Crippen MR) is 125 cm³/mol. The Kier molecular flexibility index (Phi) is 5.52. The van der Waals surface area contributed by atoms with Crippen molar-refractivity contribution in [3.05, 3.63) is 20.8 Å². The molecule has 6 rings (SSSR count). The van der Waals surface area contributed by atoms with Gasteiger partial charge in [0.1, 0.15) is 6.10 Å². The van der Waals surface area contributed by atoms with Gasteiger partial charge in [-0.05, 0) is 25.7 Å². The minimum absolute atomic E-state index is 0.0184. The molecular formula is C24H33N5O6. The van der Waals surface area contributed by atoms with Crippen LogP contribution in [0.4, 0.5) is 0 Å². The summed E-state index contributed by atoms with van der Waals surface area (Å²) in [5, 5.41) is 0. The molecule has 2 aliphatic carbocycles. The zero-order valence-electron chi connectivity index (χ0n) is 20.4. The van der Waals surface area contributed by atoms with Crippen LogP contribution in [0.1, 0.15) is 57.4 Å². The lowest BCUT2D eigenvalue weighted by molar-refractivity contribution is -0.181. The van der Waals surface area contributed by atoms with Crippen LogP contribution in [-0.4, -0.2) is 67.7 Å². The summed E-state index contributed by atoms with van der Waals surface area (Å²) in [6.07, 6.45) is 6.30. The van der Waals surface area contributed by atoms with E-state index in [2.05, 4.69) is 4.98 Å². The van der Waals surface area contributed by atoms with Gasteiger partial charge in [-0.2, -0.15) is 4.98 Å². The van der Waals surface area contributed by atoms with Gasteiger partial charge in [0.25, 0.3) is 11.6 Å². The van der Waals surface area contributed by atoms with Gasteiger partial charge in [-0.1, -0.05) is 0 Å². The van der Waals surface area contributed by atoms with E-state index in [1.807, 2.05) is 9.47 Å². The molecule has 4 aliphatic rings. The van der Waals surface area contributed by atoms with E-state index < -0.39 is 11.5 Å². The van der Waals surface area contributed by atoms with Gasteiger partial charge in [-0.3, -0.25) is 23.3 Å². The fourth-order valence-electron chi connectivity index (χ4n) is 5.83. The van der Waals surface area contributed by atoms with Crippen molar-refractivity contribution in [1.82, 2.24) is 23.6 Å². The number of nitrogens with zero attached hydrogens (tertiary/aromatic N) is 5. The molecule has 0 N–H and O–H groups in total. The molecule has 2 aromatic rings. The molecule has 35 heavy (non-hydrogen) atoms. The first kappa shape index (κ1) is 22.8. The molecule has 2 saturated carbocycles. The second kappa shape index (κ2) is 8.48. The molecular weight excluding hydrogens is 454 g/mol. The first-order valence-electron chi connectivity index (χ1n) is 12.8. The molecule has 2 aromatic heterocycles. The molecule has 0 atom stereocenters. The number of piperidine rings is 1. The molecule has 1 spiro atoms. The van der Waals surface area contributed by atoms with Gasteiger partial charge >= 0.3 is 5.69 Å². The number of carbonyl (C=O) groups is 1. The second-order valence-corrected chi connectivity index (χ2v) is 10.4. The average molecular weight is 488 g/mol. The van der Waals surface area contributed by atoms with Crippen LogP contribution in [0.2, 0.25) is 0 Å². The molecule has 11 heteroatoms. The lowest BCUT2D eigenvalue weighted by Gasteiger charge is -2.36. The largest absolute Gasteiger partial charge is 0.461 e. The van der Waals surface area contributed by atoms with Gasteiger partial charge in [0.2, 0.25) is 5.91 Å². The molecule has 4 heterocycles. The summed E-state index contributed by atoms with van der Waals surface area (Å²) < 4.78 is 22.6. The monoisotopic (exact) mass is 487 g/mol. The van der Waals surface area contributed by atoms with Crippen LogP contribution in [-0.2, 0) is 28.4 Å². The number of ether oxygens (including phenoxy) is 3. The van der Waals surface area contributed by atoms with E-state index in [0.29, 0.717) is 56.3 Å². The van der Waals surface area contributed by atoms with Gasteiger partial charge in [-0.15, -0.1) is 0 Å². The standard InChI is InChI=1S/C24H33N5O6/c1-26-19-18(21(31)27(2)23(26)32)29(16-5-9-24(10-6-16)33-13-14-34-24)22(25-19)35-17-7-11-28(12-8-17)20(30)15-3-4-15/h15-17H,3-14H2,1-2H3. The fraction of sp³-hybridized carbons (Fsp3) is 0.750. The van der Waals surface area contributed by atoms with Gasteiger partial charge < -0.3 is 19.1 Å². The highest BCUT2D eigenvalue weighted by Gasteiger charge is 2.42. The van der Waals surface area contributed by atoms with Crippen molar-refractivity contribution >= 4 is 17.1 Å². The number of imidazole rings is 1. The summed E-state index contributed by atoms with van der Waals surface area (Å²) >= 11 is 0. The van der Waals surface area contributed by atoms with Crippen LogP contribution >= 0.6 is 0 Å². The van der Waals surface area contributed by atoms with Crippen molar-refractivity contribution in [3.63, 3.8) is 0 Å². The zero-order chi connectivity index (χ0) is 24.3. The first-order valence-corrected chi connectivity index (χ1v) is 12.8. The first-order chi connectivity index (χ1) is 16.9. The molecule has 4 fully saturated rings. The topological polar surface area (TPSA) is 110 Å². The average Bonchev–Trinajstić information content (AvgIpc) is 3.53. The summed E-state index contributed by atoms with van der Waals surface area (Å²) in [7, 11) is 3.12. The number of likely N-dealkylation sites (tertiary alicyclic amines) is 1. The highest BCUT2D eigenvalue weighted by Crippen LogP contribution is 2.42. The van der Waals surface area contributed by atoms with Crippen molar-refractivity contribution in [2.45, 2.75) is 69.3 Å². The maximum atomic E-state index is 13.2. The normalized spacial score (nSPS) is 23.4. The van der Waals surface area contributed by atoms with Crippen LogP contribution in [0.15, 0.2) is 9.59 Å². The van der Waals surface area contributed by atoms with Crippen molar-refractivity contribution in [3.8, 4) is 6.01 Å². The third kappa shape index (κ3) is 3.88. The van der Waals surface area contributed by atoms with Gasteiger partial charge in [-0.25, -0.2) is 4.79 Å². The van der Waals surface area contributed by atoms with Crippen LogP contribution in [0.5, 0.6) is 6.01 Å². The molecule has 0 aromatic carbocycles. The Morgan fingerprint density at radius 1 is 0.971 bits per heavy atom. The number of aromatic nitrogens is 4. The molecule has 0 bridgehead atoms. The Hall–Kier alpha value is -2.66. The van der Waals surface area contributed by atoms with Crippen molar-refractivity contribution < 1.29 is 19.0 Å². The number of carbonyl (C=O) groups excluding carboxylic acids is 1. The van der Waals surface area contributed by atoms with E-state index in [1.54, 1.807) is 7.05 Å². The van der Waals surface area contributed by atoms with Crippen molar-refractivity contribution in [1.29, 1.82) is 0 Å². The van der Waals surface area contributed by atoms with Crippen molar-refractivity contribution in [2.24, 2.45) is 20.0 Å². The molecule has 190 valence electrons. The summed E-state index contributed by atoms with van der Waals surface area (Å²) in [6.45, 7) is 2.55. The van der Waals surface area contributed by atoms with Crippen molar-refractivity contribution in [2.75, 3.05) is 26.3 Å². The minimum Gasteiger partial charge on any atom is -0.461 e. The Morgan fingerprint density at radius 3 is 2.26 bits per heavy atom. The summed E-state index contributed by atoms with van der Waals surface area (Å²) in [5.74, 6) is -0.0367. The molecule has 0 unspecified atom stereocenters. The van der Waals surface area contributed by atoms with E-state index >= 15 is 0 Å². The Labute approximate surface area is 202 Å². The van der Waals surface area contributed by atoms with Gasteiger partial charge in [0.05, 0.1) is 13.2 Å². The van der Waals surface area contributed by atoms with Crippen LogP contribution in [0, 0.1) is 5.92 Å². The Morgan fingerprint density at radius 2 is 1.63 bits per heavy atom. The lowest BCUT2D eigenvalue weighted by Crippen LogP contribution is -2.42. The zero-order valence-corrected chi connectivity index (χ0v) is 20.4. The third-order valence-corrected chi connectivity index (χ3v) is 8.11. The number of hydrogen-bond donors (Lipinski definition) is 0. The molecule has 1 amide bonds. The third-order valence-electron chi connectivity index (χ3n) is 8.11. The number of hydrogen-bond acceptors (Lipinski definition) is 7. The molecule has 2 aliphatic heterocycles. The van der Waals surface area contributed by atoms with E-state index in [-0.39, 0.29) is 29.5 Å². The highest BCUT2D eigenvalue weighted by molar-refractivity contribution is 5.81. The molecule has 11 nitrogen and oxygen atoms in total. The maximum absolute atomic E-state index is 13.2. The quantitative estimate of drug-likeness (QED) is 0.635. The summed E-state index contributed by atoms with van der Waals surface area (Å²) in [5.41, 5.74) is -0.0619. The van der Waals surface area contributed by atoms with E-state index in [9.17, 15) is 14.4 Å². The Bertz CT molecular complexity index is 1250. The van der Waals surface area contributed by atoms with E-state index in [0.717, 1.165) is 43.1 Å². The SMILES string of the molecule is Cn1c(=O)c2c(nc(OC3CCN(C(=O)C4CC4)CC3)n2C2CCC3(CC2)OCCO3)n(C)c1=O. The summed E-state index contributed by atoms with van der Waals surface area (Å²) in [4.78, 5) is 44.9. The lowest BCUT2D eigenvalue weighted by atomic mass is 9.90. The van der Waals surface area contributed by atoms with Crippen LogP contribution < -0.4 is 16.0 Å². The number of fused-ring (bicyclic) bond motifs is 1. The number of rotatable bonds is 4. The Balaban J connectivity index is 1.30. The smallest absolute Gasteiger partial charge is 0.332 e. The van der Waals surface area contributed by atoms with Crippen LogP contribution in [0.25, 0.3) is 11.2 Å². The van der Waals surface area contributed by atoms with Gasteiger partial charge in [0, 0.05) is 64.8 Å². The number of amides is 1. The predicted octanol–water partition coefficient (Wildman–Crippen LogP) is 1.07.